The number of benzene rings is 2. The summed E-state index contributed by atoms with van der Waals surface area (Å²) in [6, 6.07) is 14.8. The zero-order valence-electron chi connectivity index (χ0n) is 19.0. The van der Waals surface area contributed by atoms with Crippen molar-refractivity contribution in [3.63, 3.8) is 0 Å². The van der Waals surface area contributed by atoms with Gasteiger partial charge in [-0.3, -0.25) is 9.59 Å². The van der Waals surface area contributed by atoms with E-state index in [0.717, 1.165) is 5.69 Å². The van der Waals surface area contributed by atoms with Gasteiger partial charge in [0.1, 0.15) is 5.75 Å². The molecule has 0 atom stereocenters. The average Bonchev–Trinajstić information content (AvgIpc) is 3.12. The molecule has 0 amide bonds. The summed E-state index contributed by atoms with van der Waals surface area (Å²) < 4.78 is 46.7. The van der Waals surface area contributed by atoms with Crippen molar-refractivity contribution in [2.45, 2.75) is 26.9 Å². The van der Waals surface area contributed by atoms with Crippen molar-refractivity contribution in [3.05, 3.63) is 71.5 Å². The van der Waals surface area contributed by atoms with Crippen LogP contribution in [0.15, 0.2) is 54.6 Å². The Labute approximate surface area is 195 Å². The van der Waals surface area contributed by atoms with Gasteiger partial charge in [0.05, 0.1) is 20.1 Å². The van der Waals surface area contributed by atoms with Crippen LogP contribution in [0.5, 0.6) is 17.2 Å². The third-order valence-electron chi connectivity index (χ3n) is 5.05. The van der Waals surface area contributed by atoms with E-state index in [1.807, 2.05) is 11.5 Å². The Kier molecular flexibility index (Phi) is 8.24. The van der Waals surface area contributed by atoms with Crippen molar-refractivity contribution < 1.29 is 37.3 Å². The molecule has 0 aliphatic heterocycles. The van der Waals surface area contributed by atoms with Crippen molar-refractivity contribution in [2.24, 2.45) is 0 Å². The summed E-state index contributed by atoms with van der Waals surface area (Å²) in [7, 11) is 1.52. The molecule has 1 heterocycles. The van der Waals surface area contributed by atoms with Gasteiger partial charge in [-0.05, 0) is 56.3 Å². The first-order valence-corrected chi connectivity index (χ1v) is 10.5. The summed E-state index contributed by atoms with van der Waals surface area (Å²) >= 11 is 0. The number of ether oxygens (including phenoxy) is 4. The number of carbonyl (C=O) groups is 2. The first-order valence-electron chi connectivity index (χ1n) is 10.5. The number of halogens is 2. The molecule has 0 unspecified atom stereocenters. The van der Waals surface area contributed by atoms with E-state index in [2.05, 4.69) is 4.74 Å². The lowest BCUT2D eigenvalue weighted by Gasteiger charge is -2.11. The lowest BCUT2D eigenvalue weighted by molar-refractivity contribution is -0.143. The van der Waals surface area contributed by atoms with Gasteiger partial charge in [0.25, 0.3) is 0 Å². The number of aryl methyl sites for hydroxylation is 1. The molecule has 0 fully saturated rings. The molecule has 0 saturated heterocycles. The molecule has 0 bridgehead atoms. The molecule has 0 saturated carbocycles. The summed E-state index contributed by atoms with van der Waals surface area (Å²) in [6.07, 6.45) is -0.0304. The predicted octanol–water partition coefficient (Wildman–Crippen LogP) is 4.90. The summed E-state index contributed by atoms with van der Waals surface area (Å²) in [5, 5.41) is 0. The summed E-state index contributed by atoms with van der Waals surface area (Å²) in [6.45, 7) is 0.341. The predicted molar refractivity (Wildman–Crippen MR) is 120 cm³/mol. The van der Waals surface area contributed by atoms with E-state index in [1.165, 1.54) is 19.2 Å². The number of aromatic nitrogens is 1. The molecule has 180 valence electrons. The van der Waals surface area contributed by atoms with Crippen LogP contribution in [-0.2, 0) is 9.53 Å². The van der Waals surface area contributed by atoms with E-state index >= 15 is 0 Å². The largest absolute Gasteiger partial charge is 0.493 e. The van der Waals surface area contributed by atoms with Crippen LogP contribution >= 0.6 is 0 Å². The summed E-state index contributed by atoms with van der Waals surface area (Å²) in [4.78, 5) is 24.7. The molecule has 34 heavy (non-hydrogen) atoms. The van der Waals surface area contributed by atoms with E-state index in [4.69, 9.17) is 14.2 Å². The minimum atomic E-state index is -2.90. The number of esters is 1. The minimum absolute atomic E-state index is 0.0304. The highest BCUT2D eigenvalue weighted by atomic mass is 19.3. The number of nitrogens with zero attached hydrogens (tertiary/aromatic N) is 1. The maximum atomic E-state index is 12.7. The first kappa shape index (κ1) is 24.8. The molecular formula is C25H25F2NO6. The Bertz CT molecular complexity index is 1140. The molecule has 0 aliphatic carbocycles. The second-order valence-electron chi connectivity index (χ2n) is 7.33. The summed E-state index contributed by atoms with van der Waals surface area (Å²) in [5.74, 6) is 0.189. The lowest BCUT2D eigenvalue weighted by atomic mass is 10.1. The highest BCUT2D eigenvalue weighted by Crippen LogP contribution is 2.26. The highest BCUT2D eigenvalue weighted by Gasteiger charge is 2.18. The van der Waals surface area contributed by atoms with Gasteiger partial charge in [-0.15, -0.1) is 0 Å². The molecule has 0 aliphatic rings. The van der Waals surface area contributed by atoms with Gasteiger partial charge in [-0.2, -0.15) is 8.78 Å². The number of ketones is 1. The normalized spacial score (nSPS) is 10.8. The SMILES string of the molecule is COc1ccccc1OCCC(=O)OCC(=O)c1cc(C)n(-c2ccc(OC(F)F)cc2)c1C. The number of para-hydroxylation sites is 2. The van der Waals surface area contributed by atoms with Gasteiger partial charge in [-0.25, -0.2) is 0 Å². The zero-order valence-corrected chi connectivity index (χ0v) is 19.0. The summed E-state index contributed by atoms with van der Waals surface area (Å²) in [5.41, 5.74) is 2.49. The molecule has 0 N–H and O–H groups in total. The average molecular weight is 473 g/mol. The van der Waals surface area contributed by atoms with Crippen LogP contribution in [0.1, 0.15) is 28.2 Å². The van der Waals surface area contributed by atoms with Gasteiger partial charge < -0.3 is 23.5 Å². The second kappa shape index (κ2) is 11.3. The Morgan fingerprint density at radius 2 is 1.68 bits per heavy atom. The topological polar surface area (TPSA) is 76.0 Å². The Morgan fingerprint density at radius 1 is 1.00 bits per heavy atom. The smallest absolute Gasteiger partial charge is 0.387 e. The number of methoxy groups -OCH3 is 1. The molecule has 0 radical (unpaired) electrons. The van der Waals surface area contributed by atoms with Crippen molar-refractivity contribution in [1.29, 1.82) is 0 Å². The highest BCUT2D eigenvalue weighted by molar-refractivity contribution is 5.99. The molecule has 2 aromatic carbocycles. The van der Waals surface area contributed by atoms with E-state index in [0.29, 0.717) is 28.4 Å². The van der Waals surface area contributed by atoms with Crippen molar-refractivity contribution in [1.82, 2.24) is 4.57 Å². The van der Waals surface area contributed by atoms with E-state index in [1.54, 1.807) is 49.4 Å². The van der Waals surface area contributed by atoms with Crippen LogP contribution in [-0.4, -0.2) is 43.3 Å². The number of carbonyl (C=O) groups excluding carboxylic acids is 2. The van der Waals surface area contributed by atoms with E-state index in [-0.39, 0.29) is 24.6 Å². The quantitative estimate of drug-likeness (QED) is 0.291. The molecule has 7 nitrogen and oxygen atoms in total. The van der Waals surface area contributed by atoms with E-state index in [9.17, 15) is 18.4 Å². The fourth-order valence-electron chi connectivity index (χ4n) is 3.50. The van der Waals surface area contributed by atoms with Gasteiger partial charge in [0, 0.05) is 22.6 Å². The maximum Gasteiger partial charge on any atom is 0.387 e. The number of alkyl halides is 2. The number of hydrogen-bond acceptors (Lipinski definition) is 6. The number of Topliss-reactive ketones (excluding diaryl/α,β-unsaturated/α-hetero) is 1. The fourth-order valence-corrected chi connectivity index (χ4v) is 3.50. The molecule has 3 aromatic rings. The van der Waals surface area contributed by atoms with Crippen LogP contribution < -0.4 is 14.2 Å². The van der Waals surface area contributed by atoms with Crippen LogP contribution in [0.4, 0.5) is 8.78 Å². The fraction of sp³-hybridized carbons (Fsp3) is 0.280. The zero-order chi connectivity index (χ0) is 24.7. The molecular weight excluding hydrogens is 448 g/mol. The van der Waals surface area contributed by atoms with Crippen molar-refractivity contribution in [3.8, 4) is 22.9 Å². The molecule has 9 heteroatoms. The van der Waals surface area contributed by atoms with Gasteiger partial charge in [-0.1, -0.05) is 12.1 Å². The van der Waals surface area contributed by atoms with Gasteiger partial charge >= 0.3 is 12.6 Å². The Balaban J connectivity index is 1.56. The molecule has 3 rings (SSSR count). The van der Waals surface area contributed by atoms with Crippen LogP contribution in [0.3, 0.4) is 0 Å². The number of rotatable bonds is 11. The van der Waals surface area contributed by atoms with Gasteiger partial charge in [0.2, 0.25) is 5.78 Å². The molecule has 0 spiro atoms. The standard InChI is InChI=1S/C25H25F2NO6/c1-16-14-20(17(2)28(16)18-8-10-19(11-9-18)34-25(26)27)21(29)15-33-24(30)12-13-32-23-7-5-4-6-22(23)31-3/h4-11,14,25H,12-13,15H2,1-3H3. The number of hydrogen-bond donors (Lipinski definition) is 0. The molecule has 1 aromatic heterocycles. The van der Waals surface area contributed by atoms with Crippen molar-refractivity contribution in [2.75, 3.05) is 20.3 Å². The van der Waals surface area contributed by atoms with Crippen LogP contribution in [0.25, 0.3) is 5.69 Å². The third kappa shape index (κ3) is 6.12. The third-order valence-corrected chi connectivity index (χ3v) is 5.05. The van der Waals surface area contributed by atoms with Crippen LogP contribution in [0, 0.1) is 13.8 Å². The van der Waals surface area contributed by atoms with Crippen LogP contribution in [0.2, 0.25) is 0 Å². The lowest BCUT2D eigenvalue weighted by Crippen LogP contribution is -2.16. The Hall–Kier alpha value is -3.88. The van der Waals surface area contributed by atoms with E-state index < -0.39 is 19.2 Å². The maximum absolute atomic E-state index is 12.7. The minimum Gasteiger partial charge on any atom is -0.493 e. The first-order chi connectivity index (χ1) is 16.3. The van der Waals surface area contributed by atoms with Crippen molar-refractivity contribution >= 4 is 11.8 Å². The monoisotopic (exact) mass is 473 g/mol. The second-order valence-corrected chi connectivity index (χ2v) is 7.33. The van der Waals surface area contributed by atoms with Gasteiger partial charge in [0.15, 0.2) is 18.1 Å². The Morgan fingerprint density at radius 3 is 2.32 bits per heavy atom.